The number of aromatic carboxylic acids is 1. The Hall–Kier alpha value is -2.96. The van der Waals surface area contributed by atoms with Gasteiger partial charge in [-0.25, -0.2) is 19.7 Å². The first-order valence-electron chi connectivity index (χ1n) is 5.91. The van der Waals surface area contributed by atoms with Gasteiger partial charge in [0, 0.05) is 11.4 Å². The SMILES string of the molecule is Cc1cc(C(=O)O)nc(Nc2ccc3nc[nH]c3c2)n1. The molecule has 0 atom stereocenters. The zero-order chi connectivity index (χ0) is 14.1. The molecule has 3 rings (SSSR count). The molecule has 100 valence electrons. The van der Waals surface area contributed by atoms with E-state index < -0.39 is 5.97 Å². The first kappa shape index (κ1) is 12.1. The highest BCUT2D eigenvalue weighted by Crippen LogP contribution is 2.18. The number of hydrogen-bond donors (Lipinski definition) is 3. The van der Waals surface area contributed by atoms with Crippen LogP contribution in [-0.2, 0) is 0 Å². The molecule has 1 aromatic carbocycles. The average molecular weight is 269 g/mol. The van der Waals surface area contributed by atoms with Crippen molar-refractivity contribution < 1.29 is 9.90 Å². The molecule has 0 aliphatic rings. The minimum Gasteiger partial charge on any atom is -0.477 e. The Morgan fingerprint density at radius 3 is 2.95 bits per heavy atom. The lowest BCUT2D eigenvalue weighted by atomic mass is 10.3. The summed E-state index contributed by atoms with van der Waals surface area (Å²) in [4.78, 5) is 26.2. The number of carboxylic acid groups (broad SMARTS) is 1. The van der Waals surface area contributed by atoms with Gasteiger partial charge in [-0.05, 0) is 31.2 Å². The molecule has 20 heavy (non-hydrogen) atoms. The third kappa shape index (κ3) is 2.28. The Bertz CT molecular complexity index is 796. The van der Waals surface area contributed by atoms with E-state index in [4.69, 9.17) is 5.11 Å². The minimum absolute atomic E-state index is 0.0392. The second kappa shape index (κ2) is 4.61. The van der Waals surface area contributed by atoms with Crippen LogP contribution in [0.25, 0.3) is 11.0 Å². The standard InChI is InChI=1S/C13H11N5O2/c1-7-4-11(12(19)20)18-13(16-7)17-8-2-3-9-10(5-8)15-6-14-9/h2-6H,1H3,(H,14,15)(H,19,20)(H,16,17,18). The van der Waals surface area contributed by atoms with Crippen LogP contribution in [0.2, 0.25) is 0 Å². The lowest BCUT2D eigenvalue weighted by Crippen LogP contribution is -2.06. The maximum Gasteiger partial charge on any atom is 0.354 e. The smallest absolute Gasteiger partial charge is 0.354 e. The molecule has 0 aliphatic heterocycles. The van der Waals surface area contributed by atoms with Gasteiger partial charge < -0.3 is 15.4 Å². The fraction of sp³-hybridized carbons (Fsp3) is 0.0769. The van der Waals surface area contributed by atoms with Gasteiger partial charge in [-0.3, -0.25) is 0 Å². The molecule has 2 aromatic heterocycles. The number of aromatic amines is 1. The van der Waals surface area contributed by atoms with Gasteiger partial charge >= 0.3 is 5.97 Å². The number of nitrogens with zero attached hydrogens (tertiary/aromatic N) is 3. The Balaban J connectivity index is 1.95. The van der Waals surface area contributed by atoms with Crippen LogP contribution in [-0.4, -0.2) is 31.0 Å². The highest BCUT2D eigenvalue weighted by molar-refractivity contribution is 5.86. The van der Waals surface area contributed by atoms with Crippen molar-refractivity contribution in [3.05, 3.63) is 42.0 Å². The van der Waals surface area contributed by atoms with E-state index in [1.54, 1.807) is 13.3 Å². The van der Waals surface area contributed by atoms with Crippen LogP contribution in [0.5, 0.6) is 0 Å². The van der Waals surface area contributed by atoms with Crippen molar-refractivity contribution in [2.24, 2.45) is 0 Å². The molecule has 0 amide bonds. The molecule has 0 bridgehead atoms. The minimum atomic E-state index is -1.08. The van der Waals surface area contributed by atoms with Crippen LogP contribution in [0.3, 0.4) is 0 Å². The number of rotatable bonds is 3. The van der Waals surface area contributed by atoms with Gasteiger partial charge in [0.25, 0.3) is 0 Å². The van der Waals surface area contributed by atoms with E-state index in [1.807, 2.05) is 18.2 Å². The van der Waals surface area contributed by atoms with Crippen molar-refractivity contribution in [2.45, 2.75) is 6.92 Å². The third-order valence-electron chi connectivity index (χ3n) is 2.75. The third-order valence-corrected chi connectivity index (χ3v) is 2.75. The maximum absolute atomic E-state index is 11.0. The van der Waals surface area contributed by atoms with E-state index in [-0.39, 0.29) is 11.6 Å². The zero-order valence-electron chi connectivity index (χ0n) is 10.6. The molecule has 7 heteroatoms. The number of aromatic nitrogens is 4. The predicted octanol–water partition coefficient (Wildman–Crippen LogP) is 2.10. The molecule has 2 heterocycles. The number of carbonyl (C=O) groups is 1. The first-order valence-corrected chi connectivity index (χ1v) is 5.91. The van der Waals surface area contributed by atoms with Gasteiger partial charge in [0.15, 0.2) is 5.69 Å². The molecular formula is C13H11N5O2. The van der Waals surface area contributed by atoms with Crippen molar-refractivity contribution in [3.8, 4) is 0 Å². The molecule has 7 nitrogen and oxygen atoms in total. The summed E-state index contributed by atoms with van der Waals surface area (Å²) >= 11 is 0. The lowest BCUT2D eigenvalue weighted by Gasteiger charge is -2.06. The zero-order valence-corrected chi connectivity index (χ0v) is 10.6. The Morgan fingerprint density at radius 2 is 2.15 bits per heavy atom. The van der Waals surface area contributed by atoms with Crippen molar-refractivity contribution in [3.63, 3.8) is 0 Å². The average Bonchev–Trinajstić information content (AvgIpc) is 2.85. The second-order valence-electron chi connectivity index (χ2n) is 4.28. The predicted molar refractivity (Wildman–Crippen MR) is 73.1 cm³/mol. The van der Waals surface area contributed by atoms with E-state index in [1.165, 1.54) is 6.07 Å². The van der Waals surface area contributed by atoms with Crippen LogP contribution in [0.4, 0.5) is 11.6 Å². The fourth-order valence-electron chi connectivity index (χ4n) is 1.88. The summed E-state index contributed by atoms with van der Waals surface area (Å²) in [6.45, 7) is 1.72. The van der Waals surface area contributed by atoms with E-state index in [9.17, 15) is 4.79 Å². The molecular weight excluding hydrogens is 258 g/mol. The normalized spacial score (nSPS) is 10.7. The Kier molecular flexibility index (Phi) is 2.79. The molecule has 0 radical (unpaired) electrons. The van der Waals surface area contributed by atoms with Gasteiger partial charge in [-0.2, -0.15) is 0 Å². The maximum atomic E-state index is 11.0. The summed E-state index contributed by atoms with van der Waals surface area (Å²) in [7, 11) is 0. The number of benzene rings is 1. The van der Waals surface area contributed by atoms with E-state index in [2.05, 4.69) is 25.3 Å². The van der Waals surface area contributed by atoms with E-state index in [0.29, 0.717) is 5.69 Å². The number of aryl methyl sites for hydroxylation is 1. The number of nitrogens with one attached hydrogen (secondary N) is 2. The number of imidazole rings is 1. The quantitative estimate of drug-likeness (QED) is 0.672. The number of fused-ring (bicyclic) bond motifs is 1. The van der Waals surface area contributed by atoms with Gasteiger partial charge in [0.2, 0.25) is 5.95 Å². The van der Waals surface area contributed by atoms with Crippen LogP contribution >= 0.6 is 0 Å². The summed E-state index contributed by atoms with van der Waals surface area (Å²) in [6.07, 6.45) is 1.61. The van der Waals surface area contributed by atoms with Crippen LogP contribution < -0.4 is 5.32 Å². The van der Waals surface area contributed by atoms with Crippen molar-refractivity contribution in [2.75, 3.05) is 5.32 Å². The molecule has 0 spiro atoms. The highest BCUT2D eigenvalue weighted by atomic mass is 16.4. The monoisotopic (exact) mass is 269 g/mol. The summed E-state index contributed by atoms with van der Waals surface area (Å²) in [5, 5.41) is 12.0. The van der Waals surface area contributed by atoms with Gasteiger partial charge in [0.1, 0.15) is 0 Å². The van der Waals surface area contributed by atoms with Crippen molar-refractivity contribution in [1.29, 1.82) is 0 Å². The van der Waals surface area contributed by atoms with Crippen molar-refractivity contribution in [1.82, 2.24) is 19.9 Å². The first-order chi connectivity index (χ1) is 9.61. The van der Waals surface area contributed by atoms with Crippen LogP contribution in [0.1, 0.15) is 16.2 Å². The highest BCUT2D eigenvalue weighted by Gasteiger charge is 2.09. The van der Waals surface area contributed by atoms with Gasteiger partial charge in [0.05, 0.1) is 17.4 Å². The molecule has 3 aromatic rings. The number of anilines is 2. The fourth-order valence-corrected chi connectivity index (χ4v) is 1.88. The summed E-state index contributed by atoms with van der Waals surface area (Å²) < 4.78 is 0. The number of H-pyrrole nitrogens is 1. The Labute approximate surface area is 113 Å². The molecule has 0 saturated carbocycles. The van der Waals surface area contributed by atoms with Crippen LogP contribution in [0.15, 0.2) is 30.6 Å². The number of carboxylic acids is 1. The molecule has 0 fully saturated rings. The van der Waals surface area contributed by atoms with E-state index in [0.717, 1.165) is 16.7 Å². The molecule has 0 unspecified atom stereocenters. The molecule has 3 N–H and O–H groups in total. The summed E-state index contributed by atoms with van der Waals surface area (Å²) in [5.74, 6) is -0.830. The van der Waals surface area contributed by atoms with Crippen molar-refractivity contribution >= 4 is 28.6 Å². The van der Waals surface area contributed by atoms with Crippen LogP contribution in [0, 0.1) is 6.92 Å². The molecule has 0 saturated heterocycles. The topological polar surface area (TPSA) is 104 Å². The van der Waals surface area contributed by atoms with E-state index >= 15 is 0 Å². The summed E-state index contributed by atoms with van der Waals surface area (Å²) in [5.41, 5.74) is 3.03. The largest absolute Gasteiger partial charge is 0.477 e. The number of hydrogen-bond acceptors (Lipinski definition) is 5. The lowest BCUT2D eigenvalue weighted by molar-refractivity contribution is 0.0690. The van der Waals surface area contributed by atoms with Gasteiger partial charge in [-0.1, -0.05) is 0 Å². The Morgan fingerprint density at radius 1 is 1.30 bits per heavy atom. The second-order valence-corrected chi connectivity index (χ2v) is 4.28. The summed E-state index contributed by atoms with van der Waals surface area (Å²) in [6, 6.07) is 6.96. The van der Waals surface area contributed by atoms with Gasteiger partial charge in [-0.15, -0.1) is 0 Å². The molecule has 0 aliphatic carbocycles.